The van der Waals surface area contributed by atoms with Gasteiger partial charge in [0.25, 0.3) is 0 Å². The molecule has 0 spiro atoms. The first kappa shape index (κ1) is 20.1. The Morgan fingerprint density at radius 3 is 2.45 bits per heavy atom. The lowest BCUT2D eigenvalue weighted by atomic mass is 10.1. The van der Waals surface area contributed by atoms with Crippen LogP contribution in [-0.2, 0) is 0 Å². The standard InChI is InChI=1S/C20H17N9.H4N2/c1-11-9-13(5-7-22-11)14-3-4-16-26-17(15-6-8-23-28-15)18(29(16)10-14)19-24-12(2)25-20(21)27-19;1-2/h3-10H,1-2H3,(H,23,28)(H2,21,24,25,27);1-2H2. The van der Waals surface area contributed by atoms with Gasteiger partial charge in [-0.15, -0.1) is 0 Å². The normalized spacial score (nSPS) is 10.7. The van der Waals surface area contributed by atoms with Crippen LogP contribution in [0.15, 0.2) is 48.9 Å². The number of aromatic nitrogens is 8. The van der Waals surface area contributed by atoms with E-state index in [0.717, 1.165) is 28.2 Å². The van der Waals surface area contributed by atoms with Gasteiger partial charge in [-0.3, -0.25) is 26.2 Å². The van der Waals surface area contributed by atoms with Gasteiger partial charge in [0.15, 0.2) is 5.82 Å². The van der Waals surface area contributed by atoms with Crippen LogP contribution in [0, 0.1) is 13.8 Å². The maximum absolute atomic E-state index is 5.90. The van der Waals surface area contributed by atoms with Crippen LogP contribution in [0.2, 0.25) is 0 Å². The number of aryl methyl sites for hydroxylation is 2. The quantitative estimate of drug-likeness (QED) is 0.252. The minimum atomic E-state index is 0.166. The van der Waals surface area contributed by atoms with Crippen molar-refractivity contribution in [2.75, 3.05) is 5.73 Å². The predicted molar refractivity (Wildman–Crippen MR) is 117 cm³/mol. The van der Waals surface area contributed by atoms with E-state index in [-0.39, 0.29) is 5.95 Å². The Morgan fingerprint density at radius 2 is 1.74 bits per heavy atom. The highest BCUT2D eigenvalue weighted by Gasteiger charge is 2.20. The zero-order valence-corrected chi connectivity index (χ0v) is 17.0. The summed E-state index contributed by atoms with van der Waals surface area (Å²) in [6, 6.07) is 9.87. The van der Waals surface area contributed by atoms with Gasteiger partial charge < -0.3 is 5.73 Å². The molecule has 0 aromatic carbocycles. The van der Waals surface area contributed by atoms with Crippen molar-refractivity contribution < 1.29 is 0 Å². The summed E-state index contributed by atoms with van der Waals surface area (Å²) >= 11 is 0. The van der Waals surface area contributed by atoms with Crippen molar-refractivity contribution in [2.45, 2.75) is 13.8 Å². The van der Waals surface area contributed by atoms with Crippen molar-refractivity contribution in [1.29, 1.82) is 0 Å². The number of anilines is 1. The molecule has 11 heteroatoms. The second-order valence-electron chi connectivity index (χ2n) is 6.68. The molecule has 0 bridgehead atoms. The van der Waals surface area contributed by atoms with E-state index in [1.807, 2.05) is 47.9 Å². The molecule has 7 N–H and O–H groups in total. The van der Waals surface area contributed by atoms with Gasteiger partial charge in [-0.1, -0.05) is 0 Å². The summed E-state index contributed by atoms with van der Waals surface area (Å²) in [5, 5.41) is 7.03. The van der Waals surface area contributed by atoms with Crippen molar-refractivity contribution in [3.63, 3.8) is 0 Å². The third-order valence-electron chi connectivity index (χ3n) is 4.58. The number of hydrazine groups is 1. The van der Waals surface area contributed by atoms with E-state index in [2.05, 4.69) is 41.8 Å². The SMILES string of the molecule is Cc1cc(-c2ccc3nc(-c4ccn[nH]4)c(-c4nc(C)nc(N)n4)n3c2)ccn1.NN. The monoisotopic (exact) mass is 415 g/mol. The Bertz CT molecular complexity index is 1320. The van der Waals surface area contributed by atoms with Crippen LogP contribution in [0.4, 0.5) is 5.95 Å². The summed E-state index contributed by atoms with van der Waals surface area (Å²) in [6.07, 6.45) is 5.50. The van der Waals surface area contributed by atoms with Gasteiger partial charge in [0.05, 0.1) is 5.69 Å². The first-order chi connectivity index (χ1) is 15.1. The Balaban J connectivity index is 0.00000112. The zero-order chi connectivity index (χ0) is 22.0. The lowest BCUT2D eigenvalue weighted by molar-refractivity contribution is 0.982. The topological polar surface area (TPSA) is 176 Å². The molecular formula is C20H21N11. The van der Waals surface area contributed by atoms with Crippen molar-refractivity contribution in [3.8, 4) is 34.0 Å². The molecule has 5 heterocycles. The summed E-state index contributed by atoms with van der Waals surface area (Å²) < 4.78 is 1.97. The molecule has 0 aliphatic rings. The lowest BCUT2D eigenvalue weighted by Crippen LogP contribution is -2.04. The van der Waals surface area contributed by atoms with E-state index in [0.29, 0.717) is 23.0 Å². The number of nitrogens with zero attached hydrogens (tertiary/aromatic N) is 7. The molecule has 5 aromatic rings. The summed E-state index contributed by atoms with van der Waals surface area (Å²) in [4.78, 5) is 22.0. The number of pyridine rings is 2. The fourth-order valence-corrected chi connectivity index (χ4v) is 3.34. The first-order valence-electron chi connectivity index (χ1n) is 9.35. The number of nitrogen functional groups attached to an aromatic ring is 1. The summed E-state index contributed by atoms with van der Waals surface area (Å²) in [5.41, 5.74) is 11.9. The van der Waals surface area contributed by atoms with Crippen LogP contribution in [0.3, 0.4) is 0 Å². The third kappa shape index (κ3) is 3.82. The van der Waals surface area contributed by atoms with Gasteiger partial charge in [-0.2, -0.15) is 15.1 Å². The van der Waals surface area contributed by atoms with Crippen LogP contribution in [0.1, 0.15) is 11.5 Å². The second-order valence-corrected chi connectivity index (χ2v) is 6.68. The van der Waals surface area contributed by atoms with E-state index >= 15 is 0 Å². The molecule has 0 amide bonds. The smallest absolute Gasteiger partial charge is 0.223 e. The van der Waals surface area contributed by atoms with Crippen LogP contribution in [0.5, 0.6) is 0 Å². The molecule has 0 atom stereocenters. The van der Waals surface area contributed by atoms with E-state index in [1.54, 1.807) is 19.3 Å². The van der Waals surface area contributed by atoms with E-state index in [9.17, 15) is 0 Å². The molecule has 5 rings (SSSR count). The molecule has 0 saturated carbocycles. The van der Waals surface area contributed by atoms with Crippen LogP contribution in [0.25, 0.3) is 39.7 Å². The number of rotatable bonds is 3. The molecule has 31 heavy (non-hydrogen) atoms. The van der Waals surface area contributed by atoms with Gasteiger partial charge in [0.2, 0.25) is 5.95 Å². The highest BCUT2D eigenvalue weighted by Crippen LogP contribution is 2.31. The van der Waals surface area contributed by atoms with Gasteiger partial charge in [-0.05, 0) is 55.3 Å². The Kier molecular flexibility index (Phi) is 5.35. The molecular weight excluding hydrogens is 394 g/mol. The average Bonchev–Trinajstić information content (AvgIpc) is 3.42. The number of nitrogens with one attached hydrogen (secondary N) is 1. The minimum Gasteiger partial charge on any atom is -0.368 e. The minimum absolute atomic E-state index is 0.166. The molecule has 11 nitrogen and oxygen atoms in total. The highest BCUT2D eigenvalue weighted by atomic mass is 15.2. The first-order valence-corrected chi connectivity index (χ1v) is 9.35. The largest absolute Gasteiger partial charge is 0.368 e. The molecule has 0 aliphatic carbocycles. The molecule has 0 saturated heterocycles. The third-order valence-corrected chi connectivity index (χ3v) is 4.58. The van der Waals surface area contributed by atoms with Crippen molar-refractivity contribution in [1.82, 2.24) is 39.5 Å². The number of hydrogen-bond acceptors (Lipinski definition) is 9. The highest BCUT2D eigenvalue weighted by molar-refractivity contribution is 5.79. The number of hydrogen-bond donors (Lipinski definition) is 4. The van der Waals surface area contributed by atoms with E-state index < -0.39 is 0 Å². The van der Waals surface area contributed by atoms with Crippen molar-refractivity contribution >= 4 is 11.6 Å². The van der Waals surface area contributed by atoms with Crippen molar-refractivity contribution in [2.24, 2.45) is 11.7 Å². The number of aromatic amines is 1. The molecule has 0 unspecified atom stereocenters. The summed E-state index contributed by atoms with van der Waals surface area (Å²) in [5.74, 6) is 9.16. The zero-order valence-electron chi connectivity index (χ0n) is 17.0. The summed E-state index contributed by atoms with van der Waals surface area (Å²) in [6.45, 7) is 3.75. The molecule has 0 aliphatic heterocycles. The van der Waals surface area contributed by atoms with Gasteiger partial charge in [-0.25, -0.2) is 9.97 Å². The van der Waals surface area contributed by atoms with Crippen LogP contribution in [-0.4, -0.2) is 39.5 Å². The molecule has 5 aromatic heterocycles. The molecule has 156 valence electrons. The fraction of sp³-hybridized carbons (Fsp3) is 0.100. The number of nitrogens with two attached hydrogens (primary N) is 3. The van der Waals surface area contributed by atoms with Gasteiger partial charge in [0.1, 0.15) is 22.9 Å². The predicted octanol–water partition coefficient (Wildman–Crippen LogP) is 1.66. The maximum atomic E-state index is 5.90. The van der Waals surface area contributed by atoms with Crippen LogP contribution >= 0.6 is 0 Å². The number of imidazole rings is 1. The Hall–Kier alpha value is -4.22. The fourth-order valence-electron chi connectivity index (χ4n) is 3.34. The van der Waals surface area contributed by atoms with E-state index in [4.69, 9.17) is 10.7 Å². The van der Waals surface area contributed by atoms with Gasteiger partial charge >= 0.3 is 0 Å². The van der Waals surface area contributed by atoms with Crippen LogP contribution < -0.4 is 17.4 Å². The molecule has 0 radical (unpaired) electrons. The van der Waals surface area contributed by atoms with Gasteiger partial charge in [0, 0.05) is 24.3 Å². The number of fused-ring (bicyclic) bond motifs is 1. The van der Waals surface area contributed by atoms with E-state index in [1.165, 1.54) is 0 Å². The second kappa shape index (κ2) is 8.26. The Morgan fingerprint density at radius 1 is 0.903 bits per heavy atom. The van der Waals surface area contributed by atoms with Crippen molar-refractivity contribution in [3.05, 3.63) is 60.4 Å². The average molecular weight is 415 g/mol. The lowest BCUT2D eigenvalue weighted by Gasteiger charge is -2.07. The maximum Gasteiger partial charge on any atom is 0.223 e. The Labute approximate surface area is 177 Å². The summed E-state index contributed by atoms with van der Waals surface area (Å²) in [7, 11) is 0. The number of H-pyrrole nitrogens is 1. The molecule has 0 fully saturated rings.